The zero-order valence-corrected chi connectivity index (χ0v) is 18.1. The molecule has 0 saturated carbocycles. The van der Waals surface area contributed by atoms with E-state index in [4.69, 9.17) is 4.98 Å². The Balaban J connectivity index is 2.10. The quantitative estimate of drug-likeness (QED) is 0.355. The molecule has 0 unspecified atom stereocenters. The zero-order valence-electron chi connectivity index (χ0n) is 17.3. The maximum atomic E-state index is 13.2. The van der Waals surface area contributed by atoms with Crippen molar-refractivity contribution < 1.29 is 4.79 Å². The number of carbonyl (C=O) groups excluding carboxylic acids is 1. The van der Waals surface area contributed by atoms with Gasteiger partial charge in [0, 0.05) is 12.7 Å². The van der Waals surface area contributed by atoms with Crippen LogP contribution in [0.1, 0.15) is 47.0 Å². The molecule has 0 atom stereocenters. The Morgan fingerprint density at radius 2 is 2.10 bits per heavy atom. The lowest BCUT2D eigenvalue weighted by molar-refractivity contribution is 0.100. The van der Waals surface area contributed by atoms with Gasteiger partial charge in [-0.05, 0) is 42.5 Å². The van der Waals surface area contributed by atoms with Crippen LogP contribution >= 0.6 is 11.3 Å². The van der Waals surface area contributed by atoms with Crippen LogP contribution in [0, 0.1) is 18.3 Å². The summed E-state index contributed by atoms with van der Waals surface area (Å²) in [6, 6.07) is 10.8. The summed E-state index contributed by atoms with van der Waals surface area (Å²) in [5, 5.41) is 11.9. The Bertz CT molecular complexity index is 1460. The monoisotopic (exact) mass is 431 g/mol. The zero-order chi connectivity index (χ0) is 22.0. The molecule has 0 bridgehead atoms. The summed E-state index contributed by atoms with van der Waals surface area (Å²) in [6.07, 6.45) is 4.46. The molecule has 0 radical (unpaired) electrons. The first kappa shape index (κ1) is 20.7. The van der Waals surface area contributed by atoms with Gasteiger partial charge >= 0.3 is 0 Å². The summed E-state index contributed by atoms with van der Waals surface area (Å²) in [4.78, 5) is 35.5. The van der Waals surface area contributed by atoms with Crippen molar-refractivity contribution in [2.45, 2.75) is 39.7 Å². The van der Waals surface area contributed by atoms with Gasteiger partial charge < -0.3 is 4.57 Å². The molecular weight excluding hydrogens is 410 g/mol. The molecule has 4 rings (SSSR count). The number of fused-ring (bicyclic) bond motifs is 2. The Hall–Kier alpha value is -3.57. The van der Waals surface area contributed by atoms with Crippen LogP contribution < -0.4 is 11.0 Å². The summed E-state index contributed by atoms with van der Waals surface area (Å²) in [5.74, 6) is -0.413. The summed E-state index contributed by atoms with van der Waals surface area (Å²) < 4.78 is 3.24. The molecule has 8 heteroatoms. The second kappa shape index (κ2) is 8.66. The van der Waals surface area contributed by atoms with Crippen LogP contribution in [0.25, 0.3) is 16.7 Å². The van der Waals surface area contributed by atoms with Crippen molar-refractivity contribution in [3.05, 3.63) is 73.8 Å². The Morgan fingerprint density at radius 3 is 2.81 bits per heavy atom. The van der Waals surface area contributed by atoms with E-state index in [9.17, 15) is 14.9 Å². The SMILES string of the molecule is CCCCCn1c(=NC(=O)c2cccs2)c(C#N)cc2c(=O)n3cccc(C)c3nc21. The van der Waals surface area contributed by atoms with Gasteiger partial charge in [-0.1, -0.05) is 31.9 Å². The van der Waals surface area contributed by atoms with Crippen molar-refractivity contribution in [1.29, 1.82) is 5.26 Å². The maximum Gasteiger partial charge on any atom is 0.289 e. The molecule has 0 N–H and O–H groups in total. The average molecular weight is 432 g/mol. The van der Waals surface area contributed by atoms with Crippen LogP contribution in [0.4, 0.5) is 0 Å². The number of aromatic nitrogens is 3. The van der Waals surface area contributed by atoms with Crippen molar-refractivity contribution in [1.82, 2.24) is 14.0 Å². The molecule has 0 aliphatic heterocycles. The molecule has 4 aromatic heterocycles. The molecule has 4 aromatic rings. The van der Waals surface area contributed by atoms with Gasteiger partial charge in [0.2, 0.25) is 0 Å². The Morgan fingerprint density at radius 1 is 1.26 bits per heavy atom. The lowest BCUT2D eigenvalue weighted by atomic mass is 10.2. The number of carbonyl (C=O) groups is 1. The summed E-state index contributed by atoms with van der Waals surface area (Å²) in [7, 11) is 0. The van der Waals surface area contributed by atoms with Crippen LogP contribution in [0.5, 0.6) is 0 Å². The number of nitriles is 1. The highest BCUT2D eigenvalue weighted by molar-refractivity contribution is 7.12. The third-order valence-electron chi connectivity index (χ3n) is 5.15. The lowest BCUT2D eigenvalue weighted by Gasteiger charge is -2.14. The van der Waals surface area contributed by atoms with Crippen molar-refractivity contribution in [2.75, 3.05) is 0 Å². The molecule has 7 nitrogen and oxygen atoms in total. The molecule has 0 saturated heterocycles. The van der Waals surface area contributed by atoms with E-state index in [1.54, 1.807) is 34.3 Å². The number of nitrogens with zero attached hydrogens (tertiary/aromatic N) is 5. The summed E-state index contributed by atoms with van der Waals surface area (Å²) in [5.41, 5.74) is 2.02. The Labute approximate surface area is 182 Å². The first-order chi connectivity index (χ1) is 15.0. The molecular formula is C23H21N5O2S. The van der Waals surface area contributed by atoms with Crippen LogP contribution in [0.2, 0.25) is 0 Å². The van der Waals surface area contributed by atoms with E-state index in [-0.39, 0.29) is 16.6 Å². The number of hydrogen-bond acceptors (Lipinski definition) is 5. The van der Waals surface area contributed by atoms with E-state index in [1.165, 1.54) is 21.8 Å². The highest BCUT2D eigenvalue weighted by Gasteiger charge is 2.16. The van der Waals surface area contributed by atoms with Crippen LogP contribution in [-0.2, 0) is 6.54 Å². The largest absolute Gasteiger partial charge is 0.309 e. The molecule has 1 amide bonds. The third-order valence-corrected chi connectivity index (χ3v) is 6.01. The van der Waals surface area contributed by atoms with Crippen molar-refractivity contribution >= 4 is 33.9 Å². The molecule has 0 aliphatic carbocycles. The van der Waals surface area contributed by atoms with Gasteiger partial charge in [-0.15, -0.1) is 11.3 Å². The van der Waals surface area contributed by atoms with Gasteiger partial charge in [0.15, 0.2) is 5.49 Å². The van der Waals surface area contributed by atoms with Crippen LogP contribution in [-0.4, -0.2) is 19.9 Å². The maximum absolute atomic E-state index is 13.2. The van der Waals surface area contributed by atoms with Gasteiger partial charge in [-0.3, -0.25) is 14.0 Å². The van der Waals surface area contributed by atoms with Gasteiger partial charge in [-0.25, -0.2) is 4.98 Å². The fourth-order valence-electron chi connectivity index (χ4n) is 3.57. The fourth-order valence-corrected chi connectivity index (χ4v) is 4.18. The van der Waals surface area contributed by atoms with Gasteiger partial charge in [0.05, 0.1) is 15.8 Å². The number of aryl methyl sites for hydroxylation is 2. The minimum absolute atomic E-state index is 0.181. The topological polar surface area (TPSA) is 92.5 Å². The third kappa shape index (κ3) is 3.80. The Kier molecular flexibility index (Phi) is 5.78. The summed E-state index contributed by atoms with van der Waals surface area (Å²) >= 11 is 1.30. The molecule has 156 valence electrons. The minimum Gasteiger partial charge on any atom is -0.309 e. The van der Waals surface area contributed by atoms with Gasteiger partial charge in [-0.2, -0.15) is 10.3 Å². The van der Waals surface area contributed by atoms with Crippen molar-refractivity contribution in [3.63, 3.8) is 0 Å². The predicted molar refractivity (Wildman–Crippen MR) is 120 cm³/mol. The number of hydrogen-bond donors (Lipinski definition) is 0. The van der Waals surface area contributed by atoms with E-state index in [2.05, 4.69) is 18.0 Å². The normalized spacial score (nSPS) is 11.8. The first-order valence-electron chi connectivity index (χ1n) is 10.1. The highest BCUT2D eigenvalue weighted by atomic mass is 32.1. The highest BCUT2D eigenvalue weighted by Crippen LogP contribution is 2.14. The number of rotatable bonds is 5. The molecule has 0 aromatic carbocycles. The smallest absolute Gasteiger partial charge is 0.289 e. The molecule has 0 aliphatic rings. The van der Waals surface area contributed by atoms with Gasteiger partial charge in [0.1, 0.15) is 17.4 Å². The van der Waals surface area contributed by atoms with E-state index in [1.807, 2.05) is 13.0 Å². The second-order valence-corrected chi connectivity index (χ2v) is 8.23. The fraction of sp³-hybridized carbons (Fsp3) is 0.261. The number of amides is 1. The van der Waals surface area contributed by atoms with Crippen LogP contribution in [0.3, 0.4) is 0 Å². The molecule has 0 fully saturated rings. The van der Waals surface area contributed by atoms with Crippen molar-refractivity contribution in [2.24, 2.45) is 4.99 Å². The molecule has 0 spiro atoms. The van der Waals surface area contributed by atoms with E-state index in [0.29, 0.717) is 28.1 Å². The second-order valence-electron chi connectivity index (χ2n) is 7.29. The van der Waals surface area contributed by atoms with E-state index < -0.39 is 5.91 Å². The summed E-state index contributed by atoms with van der Waals surface area (Å²) in [6.45, 7) is 4.50. The van der Waals surface area contributed by atoms with E-state index >= 15 is 0 Å². The molecule has 4 heterocycles. The van der Waals surface area contributed by atoms with Crippen LogP contribution in [0.15, 0.2) is 51.7 Å². The lowest BCUT2D eigenvalue weighted by Crippen LogP contribution is -2.29. The van der Waals surface area contributed by atoms with Crippen molar-refractivity contribution in [3.8, 4) is 6.07 Å². The standard InChI is InChI=1S/C23H21N5O2S/c1-3-4-5-10-27-20(26-22(29)18-9-7-12-31-18)16(14-24)13-17-21(27)25-19-15(2)8-6-11-28(19)23(17)30/h6-9,11-13H,3-5,10H2,1-2H3. The van der Waals surface area contributed by atoms with E-state index in [0.717, 1.165) is 24.8 Å². The number of thiophene rings is 1. The minimum atomic E-state index is -0.413. The average Bonchev–Trinajstić information content (AvgIpc) is 3.31. The predicted octanol–water partition coefficient (Wildman–Crippen LogP) is 3.82. The first-order valence-corrected chi connectivity index (χ1v) is 11.0. The number of pyridine rings is 2. The molecule has 31 heavy (non-hydrogen) atoms. The number of unbranched alkanes of at least 4 members (excludes halogenated alkanes) is 2. The van der Waals surface area contributed by atoms with Gasteiger partial charge in [0.25, 0.3) is 11.5 Å².